The van der Waals surface area contributed by atoms with Gasteiger partial charge in [0, 0.05) is 22.8 Å². The number of carbonyl (C=O) groups excluding carboxylic acids is 1. The quantitative estimate of drug-likeness (QED) is 0.847. The van der Waals surface area contributed by atoms with Crippen molar-refractivity contribution in [1.82, 2.24) is 9.97 Å². The minimum atomic E-state index is -1.03. The van der Waals surface area contributed by atoms with Gasteiger partial charge in [-0.25, -0.2) is 9.78 Å². The summed E-state index contributed by atoms with van der Waals surface area (Å²) in [4.78, 5) is 31.5. The number of aromatic nitrogens is 2. The van der Waals surface area contributed by atoms with Crippen molar-refractivity contribution in [3.8, 4) is 0 Å². The van der Waals surface area contributed by atoms with E-state index in [9.17, 15) is 9.59 Å². The van der Waals surface area contributed by atoms with Crippen molar-refractivity contribution in [2.75, 3.05) is 5.32 Å². The first kappa shape index (κ1) is 14.9. The molecule has 108 valence electrons. The van der Waals surface area contributed by atoms with Crippen LogP contribution < -0.4 is 5.32 Å². The number of thiazole rings is 1. The molecule has 0 saturated carbocycles. The van der Waals surface area contributed by atoms with Gasteiger partial charge in [-0.3, -0.25) is 15.1 Å². The summed E-state index contributed by atoms with van der Waals surface area (Å²) in [7, 11) is 0. The fourth-order valence-electron chi connectivity index (χ4n) is 1.67. The molecule has 2 aromatic rings. The van der Waals surface area contributed by atoms with Gasteiger partial charge in [-0.15, -0.1) is 0 Å². The number of hydrogen-bond acceptors (Lipinski definition) is 5. The van der Waals surface area contributed by atoms with E-state index < -0.39 is 5.97 Å². The summed E-state index contributed by atoms with van der Waals surface area (Å²) in [6.07, 6.45) is 3.95. The molecule has 0 aliphatic carbocycles. The zero-order chi connectivity index (χ0) is 15.4. The lowest BCUT2D eigenvalue weighted by atomic mass is 10.2. The molecule has 0 unspecified atom stereocenters. The molecule has 0 spiro atoms. The standard InChI is InChI=1S/C14H13N3O3S/c1-8-3-5-11(9(2)16-8)13(20)17-14-15-7-10(21-14)4-6-12(18)19/h3-7H,1-2H3,(H,18,19)(H,15,17,20). The first-order chi connectivity index (χ1) is 9.95. The van der Waals surface area contributed by atoms with Crippen molar-refractivity contribution < 1.29 is 14.7 Å². The largest absolute Gasteiger partial charge is 0.478 e. The monoisotopic (exact) mass is 303 g/mol. The minimum absolute atomic E-state index is 0.289. The van der Waals surface area contributed by atoms with Crippen molar-refractivity contribution >= 4 is 34.4 Å². The van der Waals surface area contributed by atoms with Crippen LogP contribution in [0.25, 0.3) is 6.08 Å². The van der Waals surface area contributed by atoms with Crippen LogP contribution >= 0.6 is 11.3 Å². The van der Waals surface area contributed by atoms with E-state index in [-0.39, 0.29) is 5.91 Å². The smallest absolute Gasteiger partial charge is 0.328 e. The minimum Gasteiger partial charge on any atom is -0.478 e. The van der Waals surface area contributed by atoms with Crippen molar-refractivity contribution in [2.24, 2.45) is 0 Å². The molecule has 0 bridgehead atoms. The van der Waals surface area contributed by atoms with Crippen LogP contribution in [0.5, 0.6) is 0 Å². The summed E-state index contributed by atoms with van der Waals surface area (Å²) in [5, 5.41) is 11.6. The predicted molar refractivity (Wildman–Crippen MR) is 80.4 cm³/mol. The molecule has 6 nitrogen and oxygen atoms in total. The van der Waals surface area contributed by atoms with Crippen LogP contribution in [-0.4, -0.2) is 27.0 Å². The van der Waals surface area contributed by atoms with Crippen LogP contribution in [0.15, 0.2) is 24.4 Å². The molecule has 2 aromatic heterocycles. The predicted octanol–water partition coefficient (Wildman–Crippen LogP) is 2.51. The highest BCUT2D eigenvalue weighted by Gasteiger charge is 2.12. The van der Waals surface area contributed by atoms with Crippen LogP contribution in [-0.2, 0) is 4.79 Å². The molecule has 2 heterocycles. The van der Waals surface area contributed by atoms with E-state index in [0.717, 1.165) is 11.8 Å². The first-order valence-corrected chi connectivity index (χ1v) is 6.90. The fraction of sp³-hybridized carbons (Fsp3) is 0.143. The van der Waals surface area contributed by atoms with Gasteiger partial charge in [-0.2, -0.15) is 0 Å². The number of aliphatic carboxylic acids is 1. The van der Waals surface area contributed by atoms with Gasteiger partial charge in [0.25, 0.3) is 5.91 Å². The molecule has 0 aliphatic rings. The van der Waals surface area contributed by atoms with Gasteiger partial charge in [0.15, 0.2) is 5.13 Å². The van der Waals surface area contributed by atoms with Crippen molar-refractivity contribution in [2.45, 2.75) is 13.8 Å². The van der Waals surface area contributed by atoms with E-state index in [1.54, 1.807) is 19.1 Å². The van der Waals surface area contributed by atoms with Gasteiger partial charge in [0.2, 0.25) is 0 Å². The zero-order valence-corrected chi connectivity index (χ0v) is 12.3. The number of carboxylic acids is 1. The number of rotatable bonds is 4. The molecule has 0 aliphatic heterocycles. The Morgan fingerprint density at radius 3 is 2.76 bits per heavy atom. The van der Waals surface area contributed by atoms with Gasteiger partial charge in [0.1, 0.15) is 0 Å². The topological polar surface area (TPSA) is 92.2 Å². The SMILES string of the molecule is Cc1ccc(C(=O)Nc2ncc(C=CC(=O)O)s2)c(C)n1. The number of pyridine rings is 1. The zero-order valence-electron chi connectivity index (χ0n) is 11.5. The number of anilines is 1. The van der Waals surface area contributed by atoms with Crippen LogP contribution in [0.1, 0.15) is 26.6 Å². The summed E-state index contributed by atoms with van der Waals surface area (Å²) >= 11 is 1.19. The number of amides is 1. The fourth-order valence-corrected chi connectivity index (χ4v) is 2.38. The van der Waals surface area contributed by atoms with Crippen LogP contribution in [0.3, 0.4) is 0 Å². The lowest BCUT2D eigenvalue weighted by Gasteiger charge is -2.05. The molecule has 0 atom stereocenters. The summed E-state index contributed by atoms with van der Waals surface area (Å²) < 4.78 is 0. The Bertz CT molecular complexity index is 722. The number of carboxylic acid groups (broad SMARTS) is 1. The third-order valence-corrected chi connectivity index (χ3v) is 3.48. The Labute approximate surface area is 125 Å². The maximum absolute atomic E-state index is 12.1. The van der Waals surface area contributed by atoms with Crippen molar-refractivity contribution in [3.63, 3.8) is 0 Å². The van der Waals surface area contributed by atoms with Gasteiger partial charge < -0.3 is 5.11 Å². The average molecular weight is 303 g/mol. The van der Waals surface area contributed by atoms with E-state index in [0.29, 0.717) is 21.3 Å². The number of carbonyl (C=O) groups is 2. The molecule has 0 saturated heterocycles. The highest BCUT2D eigenvalue weighted by Crippen LogP contribution is 2.20. The van der Waals surface area contributed by atoms with Crippen LogP contribution in [0, 0.1) is 13.8 Å². The maximum atomic E-state index is 12.1. The first-order valence-electron chi connectivity index (χ1n) is 6.08. The van der Waals surface area contributed by atoms with Gasteiger partial charge in [0.05, 0.1) is 11.3 Å². The molecule has 2 N–H and O–H groups in total. The van der Waals surface area contributed by atoms with E-state index >= 15 is 0 Å². The lowest BCUT2D eigenvalue weighted by Crippen LogP contribution is -2.14. The third kappa shape index (κ3) is 3.96. The van der Waals surface area contributed by atoms with E-state index in [4.69, 9.17) is 5.11 Å². The normalized spacial score (nSPS) is 10.8. The lowest BCUT2D eigenvalue weighted by molar-refractivity contribution is -0.131. The van der Waals surface area contributed by atoms with Crippen molar-refractivity contribution in [1.29, 1.82) is 0 Å². The van der Waals surface area contributed by atoms with E-state index in [2.05, 4.69) is 15.3 Å². The number of aryl methyl sites for hydroxylation is 2. The Balaban J connectivity index is 2.11. The molecular formula is C14H13N3O3S. The van der Waals surface area contributed by atoms with Crippen LogP contribution in [0.2, 0.25) is 0 Å². The third-order valence-electron chi connectivity index (χ3n) is 2.60. The summed E-state index contributed by atoms with van der Waals surface area (Å²) in [6, 6.07) is 3.48. The maximum Gasteiger partial charge on any atom is 0.328 e. The molecule has 0 aromatic carbocycles. The number of nitrogens with zero attached hydrogens (tertiary/aromatic N) is 2. The second-order valence-electron chi connectivity index (χ2n) is 4.28. The Hall–Kier alpha value is -2.54. The van der Waals surface area contributed by atoms with Gasteiger partial charge in [-0.05, 0) is 32.1 Å². The van der Waals surface area contributed by atoms with E-state index in [1.807, 2.05) is 6.92 Å². The summed E-state index contributed by atoms with van der Waals surface area (Å²) in [5.74, 6) is -1.32. The highest BCUT2D eigenvalue weighted by molar-refractivity contribution is 7.16. The molecule has 1 amide bonds. The Morgan fingerprint density at radius 2 is 2.10 bits per heavy atom. The summed E-state index contributed by atoms with van der Waals surface area (Å²) in [6.45, 7) is 3.63. The van der Waals surface area contributed by atoms with Gasteiger partial charge >= 0.3 is 5.97 Å². The van der Waals surface area contributed by atoms with Gasteiger partial charge in [-0.1, -0.05) is 11.3 Å². The average Bonchev–Trinajstić information content (AvgIpc) is 2.83. The Kier molecular flexibility index (Phi) is 4.44. The molecular weight excluding hydrogens is 290 g/mol. The molecule has 0 radical (unpaired) electrons. The second kappa shape index (κ2) is 6.27. The Morgan fingerprint density at radius 1 is 1.33 bits per heavy atom. The highest BCUT2D eigenvalue weighted by atomic mass is 32.1. The van der Waals surface area contributed by atoms with Crippen molar-refractivity contribution in [3.05, 3.63) is 46.2 Å². The second-order valence-corrected chi connectivity index (χ2v) is 5.34. The number of hydrogen-bond donors (Lipinski definition) is 2. The molecule has 7 heteroatoms. The molecule has 2 rings (SSSR count). The summed E-state index contributed by atoms with van der Waals surface area (Å²) in [5.41, 5.74) is 1.98. The van der Waals surface area contributed by atoms with E-state index in [1.165, 1.54) is 23.6 Å². The number of nitrogens with one attached hydrogen (secondary N) is 1. The van der Waals surface area contributed by atoms with Crippen LogP contribution in [0.4, 0.5) is 5.13 Å². The molecule has 0 fully saturated rings. The molecule has 21 heavy (non-hydrogen) atoms.